The first-order valence-corrected chi connectivity index (χ1v) is 11.5. The molecule has 1 unspecified atom stereocenters. The minimum Gasteiger partial charge on any atom is -0.493 e. The fourth-order valence-electron chi connectivity index (χ4n) is 4.57. The van der Waals surface area contributed by atoms with Gasteiger partial charge in [0.1, 0.15) is 12.4 Å². The standard InChI is InChI=1S/C25H31N3O4/c1-26(16-21-18-31-23-4-2-3-5-24(23)32-21)25(29)17-28-11-9-27(10-12-28)15-19-6-7-22-20(14-19)8-13-30-22/h2-7,14,21H,8-13,15-18H2,1H3. The molecule has 0 bridgehead atoms. The van der Waals surface area contributed by atoms with Crippen LogP contribution in [0, 0.1) is 0 Å². The summed E-state index contributed by atoms with van der Waals surface area (Å²) in [6.45, 7) is 6.94. The van der Waals surface area contributed by atoms with Gasteiger partial charge in [-0.15, -0.1) is 0 Å². The van der Waals surface area contributed by atoms with Crippen LogP contribution in [0.25, 0.3) is 0 Å². The maximum atomic E-state index is 12.8. The number of piperazine rings is 1. The molecular weight excluding hydrogens is 406 g/mol. The highest BCUT2D eigenvalue weighted by Gasteiger charge is 2.26. The summed E-state index contributed by atoms with van der Waals surface area (Å²) in [5.41, 5.74) is 2.67. The number of nitrogens with zero attached hydrogens (tertiary/aromatic N) is 3. The van der Waals surface area contributed by atoms with Crippen LogP contribution in [-0.2, 0) is 17.8 Å². The van der Waals surface area contributed by atoms with Crippen LogP contribution in [0.4, 0.5) is 0 Å². The van der Waals surface area contributed by atoms with Crippen LogP contribution in [-0.4, -0.2) is 86.2 Å². The van der Waals surface area contributed by atoms with Crippen molar-refractivity contribution in [2.75, 3.05) is 59.5 Å². The number of carbonyl (C=O) groups excluding carboxylic acids is 1. The lowest BCUT2D eigenvalue weighted by molar-refractivity contribution is -0.133. The number of fused-ring (bicyclic) bond motifs is 2. The van der Waals surface area contributed by atoms with E-state index in [4.69, 9.17) is 14.2 Å². The van der Waals surface area contributed by atoms with Crippen LogP contribution < -0.4 is 14.2 Å². The summed E-state index contributed by atoms with van der Waals surface area (Å²) >= 11 is 0. The molecular formula is C25H31N3O4. The monoisotopic (exact) mass is 437 g/mol. The van der Waals surface area contributed by atoms with Crippen molar-refractivity contribution in [3.8, 4) is 17.2 Å². The summed E-state index contributed by atoms with van der Waals surface area (Å²) in [5.74, 6) is 2.68. The Morgan fingerprint density at radius 3 is 2.62 bits per heavy atom. The lowest BCUT2D eigenvalue weighted by Gasteiger charge is -2.35. The molecule has 7 heteroatoms. The maximum absolute atomic E-state index is 12.8. The zero-order valence-corrected chi connectivity index (χ0v) is 18.7. The van der Waals surface area contributed by atoms with Crippen LogP contribution in [0.1, 0.15) is 11.1 Å². The van der Waals surface area contributed by atoms with Gasteiger partial charge in [0.05, 0.1) is 19.7 Å². The molecule has 3 aliphatic rings. The Bertz CT molecular complexity index is 958. The fourth-order valence-corrected chi connectivity index (χ4v) is 4.57. The molecule has 3 aliphatic heterocycles. The Kier molecular flexibility index (Phi) is 6.19. The van der Waals surface area contributed by atoms with Gasteiger partial charge in [0.25, 0.3) is 0 Å². The van der Waals surface area contributed by atoms with Gasteiger partial charge in [-0.2, -0.15) is 0 Å². The Morgan fingerprint density at radius 2 is 1.78 bits per heavy atom. The zero-order chi connectivity index (χ0) is 21.9. The van der Waals surface area contributed by atoms with Gasteiger partial charge in [-0.1, -0.05) is 24.3 Å². The van der Waals surface area contributed by atoms with E-state index < -0.39 is 0 Å². The molecule has 0 spiro atoms. The quantitative estimate of drug-likeness (QED) is 0.690. The van der Waals surface area contributed by atoms with Gasteiger partial charge < -0.3 is 19.1 Å². The largest absolute Gasteiger partial charge is 0.493 e. The van der Waals surface area contributed by atoms with Crippen molar-refractivity contribution in [1.29, 1.82) is 0 Å². The predicted molar refractivity (Wildman–Crippen MR) is 121 cm³/mol. The Hall–Kier alpha value is -2.77. The summed E-state index contributed by atoms with van der Waals surface area (Å²) in [6.07, 6.45) is 0.866. The molecule has 0 aromatic heterocycles. The molecule has 0 N–H and O–H groups in total. The zero-order valence-electron chi connectivity index (χ0n) is 18.7. The molecule has 2 aromatic carbocycles. The summed E-state index contributed by atoms with van der Waals surface area (Å²) in [6, 6.07) is 14.2. The average molecular weight is 438 g/mol. The molecule has 1 amide bonds. The summed E-state index contributed by atoms with van der Waals surface area (Å²) in [4.78, 5) is 19.3. The molecule has 1 atom stereocenters. The second-order valence-electron chi connectivity index (χ2n) is 8.86. The van der Waals surface area contributed by atoms with Gasteiger partial charge in [0.2, 0.25) is 5.91 Å². The predicted octanol–water partition coefficient (Wildman–Crippen LogP) is 2.04. The second kappa shape index (κ2) is 9.38. The van der Waals surface area contributed by atoms with E-state index in [2.05, 4.69) is 28.0 Å². The van der Waals surface area contributed by atoms with Gasteiger partial charge in [0, 0.05) is 46.2 Å². The summed E-state index contributed by atoms with van der Waals surface area (Å²) < 4.78 is 17.4. The Labute approximate surface area is 189 Å². The number of ether oxygens (including phenoxy) is 3. The van der Waals surface area contributed by atoms with Crippen LogP contribution >= 0.6 is 0 Å². The molecule has 170 valence electrons. The molecule has 7 nitrogen and oxygen atoms in total. The van der Waals surface area contributed by atoms with Crippen LogP contribution in [0.2, 0.25) is 0 Å². The third kappa shape index (κ3) is 4.84. The highest BCUT2D eigenvalue weighted by atomic mass is 16.6. The molecule has 0 saturated carbocycles. The molecule has 0 aliphatic carbocycles. The number of carbonyl (C=O) groups is 1. The number of benzene rings is 2. The molecule has 1 saturated heterocycles. The number of hydrogen-bond acceptors (Lipinski definition) is 6. The van der Waals surface area contributed by atoms with Crippen LogP contribution in [0.3, 0.4) is 0 Å². The average Bonchev–Trinajstić information content (AvgIpc) is 3.28. The normalized spacial score (nSPS) is 20.5. The van der Waals surface area contributed by atoms with Crippen molar-refractivity contribution in [1.82, 2.24) is 14.7 Å². The first-order chi connectivity index (χ1) is 15.6. The second-order valence-corrected chi connectivity index (χ2v) is 8.86. The van der Waals surface area contributed by atoms with E-state index in [1.807, 2.05) is 31.3 Å². The molecule has 1 fully saturated rings. The van der Waals surface area contributed by atoms with Crippen LogP contribution in [0.5, 0.6) is 17.2 Å². The SMILES string of the molecule is CN(CC1COc2ccccc2O1)C(=O)CN1CCN(Cc2ccc3c(c2)CCO3)CC1. The number of likely N-dealkylation sites (N-methyl/N-ethyl adjacent to an activating group) is 1. The van der Waals surface area contributed by atoms with E-state index in [0.29, 0.717) is 19.7 Å². The number of rotatable bonds is 6. The maximum Gasteiger partial charge on any atom is 0.236 e. The van der Waals surface area contributed by atoms with Gasteiger partial charge in [-0.3, -0.25) is 14.6 Å². The first kappa shape index (κ1) is 21.1. The fraction of sp³-hybridized carbons (Fsp3) is 0.480. The minimum absolute atomic E-state index is 0.125. The van der Waals surface area contributed by atoms with Crippen molar-refractivity contribution in [2.45, 2.75) is 19.1 Å². The van der Waals surface area contributed by atoms with Gasteiger partial charge in [-0.05, 0) is 29.3 Å². The van der Waals surface area contributed by atoms with Gasteiger partial charge in [0.15, 0.2) is 17.6 Å². The van der Waals surface area contributed by atoms with Crippen molar-refractivity contribution in [3.63, 3.8) is 0 Å². The van der Waals surface area contributed by atoms with Crippen LogP contribution in [0.15, 0.2) is 42.5 Å². The van der Waals surface area contributed by atoms with E-state index in [1.165, 1.54) is 11.1 Å². The molecule has 32 heavy (non-hydrogen) atoms. The van der Waals surface area contributed by atoms with Gasteiger partial charge in [-0.25, -0.2) is 0 Å². The number of amides is 1. The van der Waals surface area contributed by atoms with E-state index in [9.17, 15) is 4.79 Å². The van der Waals surface area contributed by atoms with E-state index in [0.717, 1.165) is 63.0 Å². The van der Waals surface area contributed by atoms with E-state index in [-0.39, 0.29) is 12.0 Å². The third-order valence-corrected chi connectivity index (χ3v) is 6.45. The van der Waals surface area contributed by atoms with Crippen molar-refractivity contribution >= 4 is 5.91 Å². The molecule has 3 heterocycles. The molecule has 2 aromatic rings. The van der Waals surface area contributed by atoms with Crippen molar-refractivity contribution in [2.24, 2.45) is 0 Å². The number of hydrogen-bond donors (Lipinski definition) is 0. The van der Waals surface area contributed by atoms with Crippen molar-refractivity contribution in [3.05, 3.63) is 53.6 Å². The summed E-state index contributed by atoms with van der Waals surface area (Å²) in [7, 11) is 1.85. The topological polar surface area (TPSA) is 54.5 Å². The summed E-state index contributed by atoms with van der Waals surface area (Å²) in [5, 5.41) is 0. The van der Waals surface area contributed by atoms with Crippen molar-refractivity contribution < 1.29 is 19.0 Å². The number of para-hydroxylation sites is 2. The molecule has 5 rings (SSSR count). The minimum atomic E-state index is -0.145. The lowest BCUT2D eigenvalue weighted by Crippen LogP contribution is -2.50. The third-order valence-electron chi connectivity index (χ3n) is 6.45. The highest BCUT2D eigenvalue weighted by Crippen LogP contribution is 2.31. The molecule has 0 radical (unpaired) electrons. The smallest absolute Gasteiger partial charge is 0.236 e. The lowest BCUT2D eigenvalue weighted by atomic mass is 10.1. The Morgan fingerprint density at radius 1 is 1.00 bits per heavy atom. The van der Waals surface area contributed by atoms with E-state index >= 15 is 0 Å². The van der Waals surface area contributed by atoms with E-state index in [1.54, 1.807) is 4.90 Å². The van der Waals surface area contributed by atoms with Gasteiger partial charge >= 0.3 is 0 Å². The Balaban J connectivity index is 1.05. The highest BCUT2D eigenvalue weighted by molar-refractivity contribution is 5.78. The first-order valence-electron chi connectivity index (χ1n) is 11.5.